The van der Waals surface area contributed by atoms with Gasteiger partial charge in [0.25, 0.3) is 0 Å². The number of rotatable bonds is 13. The fourth-order valence-electron chi connectivity index (χ4n) is 4.71. The third-order valence-electron chi connectivity index (χ3n) is 6.87. The van der Waals surface area contributed by atoms with Gasteiger partial charge >= 0.3 is 5.97 Å². The lowest BCUT2D eigenvalue weighted by Gasteiger charge is -2.18. The minimum absolute atomic E-state index is 0.324. The van der Waals surface area contributed by atoms with Crippen molar-refractivity contribution in [3.63, 3.8) is 0 Å². The van der Waals surface area contributed by atoms with Crippen molar-refractivity contribution in [3.8, 4) is 17.0 Å². The zero-order valence-corrected chi connectivity index (χ0v) is 22.9. The van der Waals surface area contributed by atoms with E-state index in [1.165, 1.54) is 36.1 Å². The van der Waals surface area contributed by atoms with Gasteiger partial charge in [-0.3, -0.25) is 0 Å². The van der Waals surface area contributed by atoms with Crippen LogP contribution in [-0.2, 0) is 28.9 Å². The van der Waals surface area contributed by atoms with Crippen LogP contribution < -0.4 is 4.74 Å². The molecule has 1 aromatic heterocycles. The second kappa shape index (κ2) is 13.7. The number of carbonyl (C=O) groups excluding carboxylic acids is 1. The number of hydrogen-bond donors (Lipinski definition) is 0. The van der Waals surface area contributed by atoms with Crippen LogP contribution in [-0.4, -0.2) is 23.2 Å². The van der Waals surface area contributed by atoms with Crippen molar-refractivity contribution in [1.82, 2.24) is 4.57 Å². The fraction of sp³-hybridized carbons (Fsp3) is 0.324. The lowest BCUT2D eigenvalue weighted by Crippen LogP contribution is -2.31. The number of esters is 1. The molecule has 198 valence electrons. The molecule has 0 saturated carbocycles. The SMILES string of the molecule is CCCCCc1ccc(Cn2c(C)ccc2-c2ccc(O[C@H](Cc3ccccc3)C(=O)OCC)cc2)cc1. The predicted octanol–water partition coefficient (Wildman–Crippen LogP) is 7.80. The van der Waals surface area contributed by atoms with E-state index in [2.05, 4.69) is 66.9 Å². The second-order valence-electron chi connectivity index (χ2n) is 9.79. The number of carbonyl (C=O) groups is 1. The standard InChI is InChI=1S/C34H39NO3/c1-4-6-8-11-27-15-17-29(18-16-27)25-35-26(3)14-23-32(35)30-19-21-31(22-20-30)38-33(34(36)37-5-2)24-28-12-9-7-10-13-28/h7,9-10,12-23,33H,4-6,8,11,24-25H2,1-3H3/t33-/m1/s1. The fourth-order valence-corrected chi connectivity index (χ4v) is 4.71. The summed E-state index contributed by atoms with van der Waals surface area (Å²) in [5, 5.41) is 0. The minimum Gasteiger partial charge on any atom is -0.478 e. The van der Waals surface area contributed by atoms with Gasteiger partial charge in [-0.2, -0.15) is 0 Å². The van der Waals surface area contributed by atoms with Crippen molar-refractivity contribution in [2.75, 3.05) is 6.61 Å². The van der Waals surface area contributed by atoms with Gasteiger partial charge in [0, 0.05) is 24.4 Å². The van der Waals surface area contributed by atoms with Gasteiger partial charge in [0.05, 0.1) is 6.61 Å². The van der Waals surface area contributed by atoms with Crippen molar-refractivity contribution in [3.05, 3.63) is 113 Å². The van der Waals surface area contributed by atoms with Crippen molar-refractivity contribution in [2.45, 2.75) is 65.5 Å². The zero-order valence-electron chi connectivity index (χ0n) is 22.9. The summed E-state index contributed by atoms with van der Waals surface area (Å²) in [6.45, 7) is 7.35. The molecule has 0 bridgehead atoms. The number of hydrogen-bond acceptors (Lipinski definition) is 3. The molecule has 0 amide bonds. The van der Waals surface area contributed by atoms with E-state index < -0.39 is 6.10 Å². The average molecular weight is 510 g/mol. The Morgan fingerprint density at radius 3 is 2.18 bits per heavy atom. The molecule has 38 heavy (non-hydrogen) atoms. The van der Waals surface area contributed by atoms with Gasteiger partial charge in [0.1, 0.15) is 5.75 Å². The van der Waals surface area contributed by atoms with E-state index in [0.717, 1.165) is 29.8 Å². The molecular formula is C34H39NO3. The third kappa shape index (κ3) is 7.38. The summed E-state index contributed by atoms with van der Waals surface area (Å²) >= 11 is 0. The Morgan fingerprint density at radius 2 is 1.50 bits per heavy atom. The number of aromatic nitrogens is 1. The maximum absolute atomic E-state index is 12.6. The first-order valence-electron chi connectivity index (χ1n) is 13.8. The van der Waals surface area contributed by atoms with Crippen molar-refractivity contribution >= 4 is 5.97 Å². The minimum atomic E-state index is -0.695. The molecule has 4 rings (SSSR count). The molecule has 0 spiro atoms. The van der Waals surface area contributed by atoms with Crippen LogP contribution in [0.3, 0.4) is 0 Å². The van der Waals surface area contributed by atoms with E-state index in [4.69, 9.17) is 9.47 Å². The Labute approximate surface area is 227 Å². The summed E-state index contributed by atoms with van der Waals surface area (Å²) in [6.07, 6.45) is 4.70. The monoisotopic (exact) mass is 509 g/mol. The largest absolute Gasteiger partial charge is 0.478 e. The summed E-state index contributed by atoms with van der Waals surface area (Å²) in [7, 11) is 0. The molecule has 4 heteroatoms. The van der Waals surface area contributed by atoms with Gasteiger partial charge in [-0.05, 0) is 85.3 Å². The molecule has 0 aliphatic carbocycles. The Hall–Kier alpha value is -3.79. The molecule has 1 atom stereocenters. The van der Waals surface area contributed by atoms with Crippen molar-refractivity contribution in [2.24, 2.45) is 0 Å². The zero-order chi connectivity index (χ0) is 26.7. The first kappa shape index (κ1) is 27.3. The molecule has 0 N–H and O–H groups in total. The van der Waals surface area contributed by atoms with Gasteiger partial charge in [0.15, 0.2) is 6.10 Å². The molecule has 3 aromatic carbocycles. The highest BCUT2D eigenvalue weighted by molar-refractivity contribution is 5.75. The van der Waals surface area contributed by atoms with E-state index >= 15 is 0 Å². The van der Waals surface area contributed by atoms with Crippen LogP contribution in [0.4, 0.5) is 0 Å². The molecule has 0 radical (unpaired) electrons. The maximum Gasteiger partial charge on any atom is 0.347 e. The Morgan fingerprint density at radius 1 is 0.789 bits per heavy atom. The molecule has 1 heterocycles. The second-order valence-corrected chi connectivity index (χ2v) is 9.79. The average Bonchev–Trinajstić information content (AvgIpc) is 3.30. The number of benzene rings is 3. The number of nitrogens with zero attached hydrogens (tertiary/aromatic N) is 1. The van der Waals surface area contributed by atoms with E-state index in [0.29, 0.717) is 18.8 Å². The molecule has 4 nitrogen and oxygen atoms in total. The normalized spacial score (nSPS) is 11.8. The van der Waals surface area contributed by atoms with Gasteiger partial charge in [-0.25, -0.2) is 4.79 Å². The molecule has 4 aromatic rings. The molecule has 0 unspecified atom stereocenters. The van der Waals surface area contributed by atoms with E-state index in [-0.39, 0.29) is 5.97 Å². The topological polar surface area (TPSA) is 40.5 Å². The lowest BCUT2D eigenvalue weighted by atomic mass is 10.1. The number of ether oxygens (including phenoxy) is 2. The van der Waals surface area contributed by atoms with Crippen LogP contribution in [0.15, 0.2) is 91.0 Å². The highest BCUT2D eigenvalue weighted by atomic mass is 16.6. The quantitative estimate of drug-likeness (QED) is 0.136. The van der Waals surface area contributed by atoms with Gasteiger partial charge < -0.3 is 14.0 Å². The van der Waals surface area contributed by atoms with Crippen LogP contribution in [0.25, 0.3) is 11.3 Å². The van der Waals surface area contributed by atoms with Crippen LogP contribution in [0.2, 0.25) is 0 Å². The van der Waals surface area contributed by atoms with E-state index in [1.807, 2.05) is 49.4 Å². The summed E-state index contributed by atoms with van der Waals surface area (Å²) in [4.78, 5) is 12.6. The van der Waals surface area contributed by atoms with E-state index in [9.17, 15) is 4.79 Å². The van der Waals surface area contributed by atoms with Crippen LogP contribution in [0.1, 0.15) is 55.5 Å². The highest BCUT2D eigenvalue weighted by Crippen LogP contribution is 2.27. The van der Waals surface area contributed by atoms with Crippen LogP contribution >= 0.6 is 0 Å². The van der Waals surface area contributed by atoms with Crippen LogP contribution in [0.5, 0.6) is 5.75 Å². The van der Waals surface area contributed by atoms with Gasteiger partial charge in [0.2, 0.25) is 0 Å². The summed E-state index contributed by atoms with van der Waals surface area (Å²) in [5.74, 6) is 0.303. The molecule has 0 fully saturated rings. The van der Waals surface area contributed by atoms with Crippen molar-refractivity contribution < 1.29 is 14.3 Å². The first-order valence-corrected chi connectivity index (χ1v) is 13.8. The summed E-state index contributed by atoms with van der Waals surface area (Å²) in [5.41, 5.74) is 7.23. The first-order chi connectivity index (χ1) is 18.6. The molecule has 0 aliphatic rings. The Bertz CT molecular complexity index is 1270. The van der Waals surface area contributed by atoms with Crippen LogP contribution in [0, 0.1) is 6.92 Å². The molecular weight excluding hydrogens is 470 g/mol. The van der Waals surface area contributed by atoms with Gasteiger partial charge in [-0.1, -0.05) is 74.4 Å². The number of unbranched alkanes of at least 4 members (excludes halogenated alkanes) is 2. The summed E-state index contributed by atoms with van der Waals surface area (Å²) < 4.78 is 13.7. The summed E-state index contributed by atoms with van der Waals surface area (Å²) in [6, 6.07) is 31.2. The van der Waals surface area contributed by atoms with E-state index in [1.54, 1.807) is 0 Å². The lowest BCUT2D eigenvalue weighted by molar-refractivity contribution is -0.151. The van der Waals surface area contributed by atoms with Gasteiger partial charge in [-0.15, -0.1) is 0 Å². The molecule has 0 aliphatic heterocycles. The maximum atomic E-state index is 12.6. The number of aryl methyl sites for hydroxylation is 2. The smallest absolute Gasteiger partial charge is 0.347 e. The highest BCUT2D eigenvalue weighted by Gasteiger charge is 2.22. The third-order valence-corrected chi connectivity index (χ3v) is 6.87. The molecule has 0 saturated heterocycles. The predicted molar refractivity (Wildman–Crippen MR) is 155 cm³/mol. The Kier molecular flexibility index (Phi) is 9.80. The Balaban J connectivity index is 1.46. The van der Waals surface area contributed by atoms with Crippen molar-refractivity contribution in [1.29, 1.82) is 0 Å².